The zero-order valence-electron chi connectivity index (χ0n) is 14.8. The van der Waals surface area contributed by atoms with Gasteiger partial charge in [-0.15, -0.1) is 0 Å². The van der Waals surface area contributed by atoms with Gasteiger partial charge in [-0.25, -0.2) is 0 Å². The van der Waals surface area contributed by atoms with Gasteiger partial charge in [-0.2, -0.15) is 5.26 Å². The molecule has 1 saturated heterocycles. The Morgan fingerprint density at radius 1 is 0.962 bits per heavy atom. The van der Waals surface area contributed by atoms with Crippen molar-refractivity contribution in [1.82, 2.24) is 9.80 Å². The molecule has 2 aromatic rings. The Morgan fingerprint density at radius 3 is 2.19 bits per heavy atom. The molecule has 2 aliphatic rings. The summed E-state index contributed by atoms with van der Waals surface area (Å²) in [6.07, 6.45) is 0.966. The van der Waals surface area contributed by atoms with E-state index in [0.29, 0.717) is 19.0 Å². The smallest absolute Gasteiger partial charge is 0.226 e. The Balaban J connectivity index is 1.34. The number of piperazine rings is 1. The fourth-order valence-corrected chi connectivity index (χ4v) is 3.97. The number of hydrogen-bond donors (Lipinski definition) is 0. The summed E-state index contributed by atoms with van der Waals surface area (Å²) in [5.74, 6) is 0.814. The van der Waals surface area contributed by atoms with Crippen LogP contribution < -0.4 is 0 Å². The van der Waals surface area contributed by atoms with Gasteiger partial charge >= 0.3 is 0 Å². The molecular weight excluding hydrogens is 322 g/mol. The summed E-state index contributed by atoms with van der Waals surface area (Å²) in [6, 6.07) is 22.4. The van der Waals surface area contributed by atoms with Crippen molar-refractivity contribution in [3.05, 3.63) is 71.8 Å². The molecule has 4 rings (SSSR count). The number of benzene rings is 2. The second kappa shape index (κ2) is 7.31. The van der Waals surface area contributed by atoms with E-state index in [2.05, 4.69) is 23.1 Å². The van der Waals surface area contributed by atoms with Crippen molar-refractivity contribution in [2.75, 3.05) is 26.2 Å². The minimum atomic E-state index is -0.230. The predicted octanol–water partition coefficient (Wildman–Crippen LogP) is 3.20. The Labute approximate surface area is 154 Å². The highest BCUT2D eigenvalue weighted by atomic mass is 16.2. The molecule has 0 radical (unpaired) electrons. The van der Waals surface area contributed by atoms with Crippen LogP contribution in [0.1, 0.15) is 29.5 Å². The Hall–Kier alpha value is -2.64. The van der Waals surface area contributed by atoms with Gasteiger partial charge in [0, 0.05) is 32.1 Å². The third kappa shape index (κ3) is 3.36. The van der Waals surface area contributed by atoms with Gasteiger partial charge in [-0.3, -0.25) is 9.69 Å². The highest BCUT2D eigenvalue weighted by molar-refractivity contribution is 5.83. The van der Waals surface area contributed by atoms with E-state index < -0.39 is 0 Å². The molecule has 0 spiro atoms. The van der Waals surface area contributed by atoms with Crippen LogP contribution >= 0.6 is 0 Å². The van der Waals surface area contributed by atoms with E-state index in [0.717, 1.165) is 25.1 Å². The summed E-state index contributed by atoms with van der Waals surface area (Å²) in [5.41, 5.74) is 2.30. The van der Waals surface area contributed by atoms with Crippen LogP contribution in [0.15, 0.2) is 60.7 Å². The van der Waals surface area contributed by atoms with E-state index in [1.807, 2.05) is 53.4 Å². The van der Waals surface area contributed by atoms with Gasteiger partial charge in [0.2, 0.25) is 5.91 Å². The minimum Gasteiger partial charge on any atom is -0.340 e. The average molecular weight is 345 g/mol. The number of rotatable bonds is 4. The number of amides is 1. The first-order valence-electron chi connectivity index (χ1n) is 9.30. The third-order valence-corrected chi connectivity index (χ3v) is 5.56. The van der Waals surface area contributed by atoms with Crippen LogP contribution in [0.5, 0.6) is 0 Å². The van der Waals surface area contributed by atoms with Crippen molar-refractivity contribution < 1.29 is 4.79 Å². The van der Waals surface area contributed by atoms with Gasteiger partial charge < -0.3 is 4.90 Å². The Kier molecular flexibility index (Phi) is 4.73. The van der Waals surface area contributed by atoms with Crippen LogP contribution in [-0.4, -0.2) is 41.9 Å². The summed E-state index contributed by atoms with van der Waals surface area (Å²) >= 11 is 0. The maximum Gasteiger partial charge on any atom is 0.226 e. The van der Waals surface area contributed by atoms with Gasteiger partial charge in [0.25, 0.3) is 0 Å². The lowest BCUT2D eigenvalue weighted by Crippen LogP contribution is -2.50. The summed E-state index contributed by atoms with van der Waals surface area (Å²) in [6.45, 7) is 2.92. The lowest BCUT2D eigenvalue weighted by Gasteiger charge is -2.37. The van der Waals surface area contributed by atoms with E-state index >= 15 is 0 Å². The second-order valence-electron chi connectivity index (χ2n) is 7.16. The molecule has 1 heterocycles. The van der Waals surface area contributed by atoms with E-state index in [4.69, 9.17) is 0 Å². The fraction of sp³-hybridized carbons (Fsp3) is 0.364. The molecule has 1 amide bonds. The van der Waals surface area contributed by atoms with Crippen LogP contribution in [0.25, 0.3) is 0 Å². The van der Waals surface area contributed by atoms with E-state index in [-0.39, 0.29) is 17.9 Å². The largest absolute Gasteiger partial charge is 0.340 e. The van der Waals surface area contributed by atoms with Gasteiger partial charge in [0.05, 0.1) is 6.07 Å². The Bertz CT molecular complexity index is 791. The molecular formula is C22H23N3O. The SMILES string of the molecule is N#CC(c1ccccc1)N1CCN(C(=O)C2CC2c2ccccc2)CC1. The van der Waals surface area contributed by atoms with Crippen LogP contribution in [-0.2, 0) is 4.79 Å². The van der Waals surface area contributed by atoms with E-state index in [1.54, 1.807) is 0 Å². The number of carbonyl (C=O) groups is 1. The summed E-state index contributed by atoms with van der Waals surface area (Å²) in [4.78, 5) is 17.0. The quantitative estimate of drug-likeness (QED) is 0.855. The van der Waals surface area contributed by atoms with Crippen molar-refractivity contribution in [2.45, 2.75) is 18.4 Å². The molecule has 0 N–H and O–H groups in total. The number of nitrogens with zero attached hydrogens (tertiary/aromatic N) is 3. The van der Waals surface area contributed by atoms with Crippen LogP contribution in [0, 0.1) is 17.2 Å². The zero-order chi connectivity index (χ0) is 17.9. The molecule has 2 aromatic carbocycles. The standard InChI is InChI=1S/C22H23N3O/c23-16-21(18-9-5-2-6-10-18)24-11-13-25(14-12-24)22(26)20-15-19(20)17-7-3-1-4-8-17/h1-10,19-21H,11-15H2. The van der Waals surface area contributed by atoms with Gasteiger partial charge in [0.15, 0.2) is 0 Å². The summed E-state index contributed by atoms with van der Waals surface area (Å²) < 4.78 is 0. The molecule has 4 heteroatoms. The number of nitriles is 1. The topological polar surface area (TPSA) is 47.3 Å². The molecule has 3 atom stereocenters. The lowest BCUT2D eigenvalue weighted by molar-refractivity contribution is -0.134. The van der Waals surface area contributed by atoms with Crippen LogP contribution in [0.3, 0.4) is 0 Å². The molecule has 0 bridgehead atoms. The summed E-state index contributed by atoms with van der Waals surface area (Å²) in [7, 11) is 0. The molecule has 1 saturated carbocycles. The second-order valence-corrected chi connectivity index (χ2v) is 7.16. The lowest BCUT2D eigenvalue weighted by atomic mass is 10.1. The first-order chi connectivity index (χ1) is 12.8. The Morgan fingerprint density at radius 2 is 1.58 bits per heavy atom. The van der Waals surface area contributed by atoms with Crippen molar-refractivity contribution in [3.8, 4) is 6.07 Å². The van der Waals surface area contributed by atoms with E-state index in [9.17, 15) is 10.1 Å². The van der Waals surface area contributed by atoms with Crippen molar-refractivity contribution in [3.63, 3.8) is 0 Å². The molecule has 2 fully saturated rings. The van der Waals surface area contributed by atoms with Gasteiger partial charge in [-0.1, -0.05) is 60.7 Å². The molecule has 1 aliphatic heterocycles. The normalized spacial score (nSPS) is 23.9. The van der Waals surface area contributed by atoms with Gasteiger partial charge in [0.1, 0.15) is 6.04 Å². The molecule has 0 aromatic heterocycles. The maximum atomic E-state index is 12.8. The molecule has 26 heavy (non-hydrogen) atoms. The van der Waals surface area contributed by atoms with E-state index in [1.165, 1.54) is 5.56 Å². The van der Waals surface area contributed by atoms with Gasteiger partial charge in [-0.05, 0) is 23.5 Å². The first kappa shape index (κ1) is 16.8. The van der Waals surface area contributed by atoms with Crippen molar-refractivity contribution in [2.24, 2.45) is 5.92 Å². The molecule has 4 nitrogen and oxygen atoms in total. The third-order valence-electron chi connectivity index (χ3n) is 5.56. The highest BCUT2D eigenvalue weighted by Gasteiger charge is 2.46. The minimum absolute atomic E-state index is 0.143. The molecule has 3 unspecified atom stereocenters. The predicted molar refractivity (Wildman–Crippen MR) is 100 cm³/mol. The van der Waals surface area contributed by atoms with Crippen LogP contribution in [0.4, 0.5) is 0 Å². The maximum absolute atomic E-state index is 12.8. The zero-order valence-corrected chi connectivity index (χ0v) is 14.8. The molecule has 132 valence electrons. The monoisotopic (exact) mass is 345 g/mol. The highest BCUT2D eigenvalue weighted by Crippen LogP contribution is 2.48. The fourth-order valence-electron chi connectivity index (χ4n) is 3.97. The number of hydrogen-bond acceptors (Lipinski definition) is 3. The molecule has 1 aliphatic carbocycles. The average Bonchev–Trinajstić information content (AvgIpc) is 3.51. The van der Waals surface area contributed by atoms with Crippen LogP contribution in [0.2, 0.25) is 0 Å². The first-order valence-corrected chi connectivity index (χ1v) is 9.30. The number of carbonyl (C=O) groups excluding carboxylic acids is 1. The van der Waals surface area contributed by atoms with Crippen molar-refractivity contribution >= 4 is 5.91 Å². The summed E-state index contributed by atoms with van der Waals surface area (Å²) in [5, 5.41) is 9.59. The van der Waals surface area contributed by atoms with Crippen molar-refractivity contribution in [1.29, 1.82) is 5.26 Å².